The number of fused-ring (bicyclic) bond motifs is 2. The molecule has 1 amide bonds. The van der Waals surface area contributed by atoms with E-state index in [0.717, 1.165) is 37.7 Å². The van der Waals surface area contributed by atoms with Crippen LogP contribution in [0.4, 0.5) is 10.1 Å². The van der Waals surface area contributed by atoms with E-state index in [1.54, 1.807) is 31.2 Å². The van der Waals surface area contributed by atoms with Gasteiger partial charge in [0.25, 0.3) is 0 Å². The number of carbonyl (C=O) groups is 2. The van der Waals surface area contributed by atoms with Crippen molar-refractivity contribution in [3.05, 3.63) is 63.4 Å². The number of hydrogen-bond donors (Lipinski definition) is 3. The summed E-state index contributed by atoms with van der Waals surface area (Å²) in [6.07, 6.45) is 6.56. The van der Waals surface area contributed by atoms with Crippen LogP contribution >= 0.6 is 23.2 Å². The van der Waals surface area contributed by atoms with Crippen molar-refractivity contribution in [1.82, 2.24) is 5.32 Å². The Bertz CT molecular complexity index is 1290. The van der Waals surface area contributed by atoms with Gasteiger partial charge in [0.2, 0.25) is 5.91 Å². The zero-order valence-electron chi connectivity index (χ0n) is 21.4. The summed E-state index contributed by atoms with van der Waals surface area (Å²) < 4.78 is 15.8. The molecule has 3 N–H and O–H groups in total. The first-order valence-electron chi connectivity index (χ1n) is 13.7. The molecule has 8 heteroatoms. The molecule has 2 aromatic rings. The maximum atomic E-state index is 15.8. The highest BCUT2D eigenvalue weighted by molar-refractivity contribution is 6.31. The second-order valence-electron chi connectivity index (χ2n) is 12.2. The molecule has 3 fully saturated rings. The molecule has 6 rings (SSSR count). The lowest BCUT2D eigenvalue weighted by atomic mass is 9.62. The molecule has 4 aliphatic rings. The monoisotopic (exact) mass is 558 g/mol. The highest BCUT2D eigenvalue weighted by Crippen LogP contribution is 2.57. The fourth-order valence-electron chi connectivity index (χ4n) is 7.94. The summed E-state index contributed by atoms with van der Waals surface area (Å²) in [6.45, 7) is 1.78. The van der Waals surface area contributed by atoms with E-state index in [-0.39, 0.29) is 40.7 Å². The van der Waals surface area contributed by atoms with E-state index in [9.17, 15) is 14.7 Å². The molecule has 1 spiro atoms. The van der Waals surface area contributed by atoms with Crippen LogP contribution in [-0.4, -0.2) is 34.5 Å². The molecule has 2 aliphatic heterocycles. The minimum Gasteiger partial charge on any atom is -0.390 e. The molecule has 5 nitrogen and oxygen atoms in total. The molecule has 2 aromatic carbocycles. The molecule has 2 aliphatic carbocycles. The number of anilines is 1. The van der Waals surface area contributed by atoms with Crippen LogP contribution in [0.1, 0.15) is 75.3 Å². The normalized spacial score (nSPS) is 34.4. The number of benzene rings is 2. The predicted octanol–water partition coefficient (Wildman–Crippen LogP) is 6.15. The second-order valence-corrected chi connectivity index (χ2v) is 13.0. The molecule has 0 aromatic heterocycles. The number of hydrogen-bond acceptors (Lipinski definition) is 4. The highest BCUT2D eigenvalue weighted by atomic mass is 35.5. The molecule has 1 saturated heterocycles. The van der Waals surface area contributed by atoms with Gasteiger partial charge in [-0.05, 0) is 67.3 Å². The van der Waals surface area contributed by atoms with E-state index < -0.39 is 28.8 Å². The first-order valence-corrected chi connectivity index (χ1v) is 14.4. The van der Waals surface area contributed by atoms with Crippen LogP contribution in [0.25, 0.3) is 0 Å². The zero-order chi connectivity index (χ0) is 26.8. The second kappa shape index (κ2) is 9.58. The van der Waals surface area contributed by atoms with Crippen molar-refractivity contribution < 1.29 is 19.1 Å². The first kappa shape index (κ1) is 26.2. The lowest BCUT2D eigenvalue weighted by Crippen LogP contribution is -2.49. The maximum Gasteiger partial charge on any atom is 0.237 e. The van der Waals surface area contributed by atoms with Gasteiger partial charge in [0, 0.05) is 29.1 Å². The minimum atomic E-state index is -1.19. The number of amides is 1. The third kappa shape index (κ3) is 4.19. The number of carbonyl (C=O) groups excluding carboxylic acids is 2. The van der Waals surface area contributed by atoms with Gasteiger partial charge in [0.1, 0.15) is 11.2 Å². The summed E-state index contributed by atoms with van der Waals surface area (Å²) in [5.74, 6) is -1.19. The van der Waals surface area contributed by atoms with Crippen LogP contribution in [0.2, 0.25) is 10.0 Å². The summed E-state index contributed by atoms with van der Waals surface area (Å²) in [5, 5.41) is 17.3. The van der Waals surface area contributed by atoms with Crippen molar-refractivity contribution in [2.24, 2.45) is 11.8 Å². The first-order chi connectivity index (χ1) is 18.1. The van der Waals surface area contributed by atoms with E-state index in [1.165, 1.54) is 6.07 Å². The van der Waals surface area contributed by atoms with Crippen LogP contribution < -0.4 is 10.6 Å². The average Bonchev–Trinajstić information content (AvgIpc) is 3.53. The molecule has 38 heavy (non-hydrogen) atoms. The number of rotatable bonds is 6. The van der Waals surface area contributed by atoms with Gasteiger partial charge < -0.3 is 15.7 Å². The van der Waals surface area contributed by atoms with Crippen molar-refractivity contribution in [3.8, 4) is 0 Å². The molecule has 0 radical (unpaired) electrons. The topological polar surface area (TPSA) is 78.4 Å². The van der Waals surface area contributed by atoms with Crippen LogP contribution in [-0.2, 0) is 15.0 Å². The third-order valence-corrected chi connectivity index (χ3v) is 9.99. The van der Waals surface area contributed by atoms with E-state index in [0.29, 0.717) is 29.5 Å². The number of Topliss-reactive ketones (excluding diaryl/α,β-unsaturated/α-hetero) is 1. The molecule has 0 bridgehead atoms. The number of nitrogens with one attached hydrogen (secondary N) is 2. The molecular formula is C30H33Cl2FN2O3. The molecule has 2 saturated carbocycles. The van der Waals surface area contributed by atoms with Gasteiger partial charge in [0.15, 0.2) is 5.78 Å². The largest absolute Gasteiger partial charge is 0.390 e. The Labute approximate surface area is 232 Å². The Hall–Kier alpha value is -1.99. The summed E-state index contributed by atoms with van der Waals surface area (Å²) in [7, 11) is 0. The fourth-order valence-corrected chi connectivity index (χ4v) is 8.30. The van der Waals surface area contributed by atoms with Gasteiger partial charge in [-0.1, -0.05) is 67.1 Å². The Balaban J connectivity index is 1.49. The maximum absolute atomic E-state index is 15.8. The lowest BCUT2D eigenvalue weighted by Gasteiger charge is -2.41. The summed E-state index contributed by atoms with van der Waals surface area (Å²) in [5.41, 5.74) is -0.317. The van der Waals surface area contributed by atoms with Crippen molar-refractivity contribution >= 4 is 40.6 Å². The summed E-state index contributed by atoms with van der Waals surface area (Å²) >= 11 is 12.6. The van der Waals surface area contributed by atoms with Crippen LogP contribution in [0.3, 0.4) is 0 Å². The van der Waals surface area contributed by atoms with Crippen LogP contribution in [0.5, 0.6) is 0 Å². The Kier molecular flexibility index (Phi) is 6.62. The molecule has 4 atom stereocenters. The number of aliphatic hydroxyl groups is 1. The Morgan fingerprint density at radius 3 is 2.58 bits per heavy atom. The van der Waals surface area contributed by atoms with Crippen LogP contribution in [0.15, 0.2) is 36.4 Å². The van der Waals surface area contributed by atoms with Gasteiger partial charge >= 0.3 is 0 Å². The van der Waals surface area contributed by atoms with Crippen molar-refractivity contribution in [1.29, 1.82) is 0 Å². The van der Waals surface area contributed by atoms with Gasteiger partial charge in [-0.2, -0.15) is 0 Å². The molecular weight excluding hydrogens is 526 g/mol. The van der Waals surface area contributed by atoms with Gasteiger partial charge in [-0.3, -0.25) is 9.59 Å². The van der Waals surface area contributed by atoms with Crippen molar-refractivity contribution in [3.63, 3.8) is 0 Å². The minimum absolute atomic E-state index is 0.0344. The van der Waals surface area contributed by atoms with E-state index in [1.807, 2.05) is 6.07 Å². The number of ketones is 1. The Morgan fingerprint density at radius 2 is 1.87 bits per heavy atom. The van der Waals surface area contributed by atoms with Gasteiger partial charge in [0.05, 0.1) is 16.7 Å². The van der Waals surface area contributed by atoms with Gasteiger partial charge in [-0.25, -0.2) is 4.39 Å². The van der Waals surface area contributed by atoms with Crippen molar-refractivity contribution in [2.75, 3.05) is 5.32 Å². The molecule has 202 valence electrons. The quantitative estimate of drug-likeness (QED) is 0.397. The molecule has 0 unspecified atom stereocenters. The third-order valence-electron chi connectivity index (χ3n) is 9.46. The van der Waals surface area contributed by atoms with E-state index in [4.69, 9.17) is 23.2 Å². The lowest BCUT2D eigenvalue weighted by molar-refractivity contribution is -0.126. The Morgan fingerprint density at radius 1 is 1.13 bits per heavy atom. The van der Waals surface area contributed by atoms with Gasteiger partial charge in [-0.15, -0.1) is 0 Å². The van der Waals surface area contributed by atoms with E-state index in [2.05, 4.69) is 10.6 Å². The standard InChI is InChI=1S/C30H33Cl2FN2O3/c1-29(38)14-17(15-29)11-23(36)27-25(19-7-4-8-21(32)26(19)33)30(24(35-27)12-16-5-2-3-6-16)20-10-9-18(31)13-22(20)34-28(30)37/h4,7-10,13,16-17,24-25,27,35,38H,2-3,5-6,11-12,14-15H2,1H3,(H,34,37)/t17?,24-,25+,27+,29?,30+/m1/s1. The number of halogens is 3. The average molecular weight is 560 g/mol. The van der Waals surface area contributed by atoms with E-state index >= 15 is 4.39 Å². The SMILES string of the molecule is CC1(O)CC(CC(=O)[C@@H]2N[C@H](CC3CCCC3)[C@]3(C(=O)Nc4cc(Cl)ccc43)[C@H]2c2cccc(Cl)c2F)C1. The predicted molar refractivity (Wildman–Crippen MR) is 146 cm³/mol. The zero-order valence-corrected chi connectivity index (χ0v) is 22.9. The highest BCUT2D eigenvalue weighted by Gasteiger charge is 2.66. The summed E-state index contributed by atoms with van der Waals surface area (Å²) in [4.78, 5) is 28.2. The fraction of sp³-hybridized carbons (Fsp3) is 0.533. The summed E-state index contributed by atoms with van der Waals surface area (Å²) in [6, 6.07) is 9.02. The molecule has 2 heterocycles. The van der Waals surface area contributed by atoms with Crippen LogP contribution in [0, 0.1) is 17.7 Å². The smallest absolute Gasteiger partial charge is 0.237 e. The van der Waals surface area contributed by atoms with Crippen molar-refractivity contribution in [2.45, 2.75) is 87.3 Å².